The minimum absolute atomic E-state index is 0. The summed E-state index contributed by atoms with van der Waals surface area (Å²) in [5.41, 5.74) is -0.161. The molecule has 1 aromatic heterocycles. The largest absolute Gasteiger partial charge is 0.313 e. The summed E-state index contributed by atoms with van der Waals surface area (Å²) in [4.78, 5) is 14.2. The van der Waals surface area contributed by atoms with Gasteiger partial charge < -0.3 is 5.32 Å². The highest BCUT2D eigenvalue weighted by molar-refractivity contribution is 7.85. The number of nitrogens with one attached hydrogen (secondary N) is 1. The fourth-order valence-corrected chi connectivity index (χ4v) is 3.39. The van der Waals surface area contributed by atoms with Crippen molar-refractivity contribution >= 4 is 28.9 Å². The van der Waals surface area contributed by atoms with E-state index in [0.717, 1.165) is 25.8 Å². The van der Waals surface area contributed by atoms with Gasteiger partial charge in [-0.25, -0.2) is 4.98 Å². The van der Waals surface area contributed by atoms with Crippen LogP contribution in [0.15, 0.2) is 23.4 Å². The summed E-state index contributed by atoms with van der Waals surface area (Å²) >= 11 is 0. The number of piperidine rings is 1. The van der Waals surface area contributed by atoms with E-state index in [0.29, 0.717) is 5.75 Å². The van der Waals surface area contributed by atoms with E-state index in [2.05, 4.69) is 10.3 Å². The van der Waals surface area contributed by atoms with E-state index in [4.69, 9.17) is 0 Å². The minimum atomic E-state index is -1.43. The number of pyridine rings is 1. The third-order valence-corrected chi connectivity index (χ3v) is 4.38. The molecule has 0 amide bonds. The Morgan fingerprint density at radius 2 is 2.32 bits per heavy atom. The highest BCUT2D eigenvalue weighted by Gasteiger charge is 2.23. The Hall–Kier alpha value is -1.05. The van der Waals surface area contributed by atoms with Gasteiger partial charge in [0, 0.05) is 24.1 Å². The summed E-state index contributed by atoms with van der Waals surface area (Å²) in [6.45, 7) is 0.923. The zero-order chi connectivity index (χ0) is 13.0. The normalized spacial score (nSPS) is 20.3. The molecule has 0 aliphatic carbocycles. The molecule has 0 radical (unpaired) electrons. The van der Waals surface area contributed by atoms with Crippen molar-refractivity contribution in [3.05, 3.63) is 28.4 Å². The highest BCUT2D eigenvalue weighted by Crippen LogP contribution is 2.20. The fourth-order valence-electron chi connectivity index (χ4n) is 2.02. The average Bonchev–Trinajstić information content (AvgIpc) is 2.40. The van der Waals surface area contributed by atoms with Crippen molar-refractivity contribution in [3.8, 4) is 0 Å². The molecule has 8 heteroatoms. The van der Waals surface area contributed by atoms with Crippen molar-refractivity contribution < 1.29 is 9.13 Å². The van der Waals surface area contributed by atoms with Crippen LogP contribution in [0.3, 0.4) is 0 Å². The molecule has 106 valence electrons. The number of hydrogen-bond acceptors (Lipinski definition) is 5. The molecule has 0 saturated carbocycles. The van der Waals surface area contributed by atoms with Gasteiger partial charge in [-0.3, -0.25) is 14.3 Å². The smallest absolute Gasteiger partial charge is 0.303 e. The molecule has 1 aliphatic rings. The highest BCUT2D eigenvalue weighted by atomic mass is 35.5. The monoisotopic (exact) mass is 305 g/mol. The summed E-state index contributed by atoms with van der Waals surface area (Å²) in [5.74, 6) is 0.387. The lowest BCUT2D eigenvalue weighted by Crippen LogP contribution is -2.38. The number of nitrogens with zero attached hydrogens (tertiary/aromatic N) is 2. The van der Waals surface area contributed by atoms with Crippen LogP contribution in [0.5, 0.6) is 0 Å². The molecule has 2 unspecified atom stereocenters. The molecule has 1 N–H and O–H groups in total. The van der Waals surface area contributed by atoms with Gasteiger partial charge in [-0.05, 0) is 25.5 Å². The Morgan fingerprint density at radius 1 is 1.53 bits per heavy atom. The number of hydrogen-bond donors (Lipinski definition) is 1. The summed E-state index contributed by atoms with van der Waals surface area (Å²) in [5, 5.41) is 14.2. The zero-order valence-electron chi connectivity index (χ0n) is 10.3. The first-order valence-corrected chi connectivity index (χ1v) is 7.21. The van der Waals surface area contributed by atoms with Gasteiger partial charge in [0.2, 0.25) is 5.03 Å². The van der Waals surface area contributed by atoms with Gasteiger partial charge in [0.25, 0.3) is 0 Å². The Kier molecular flexibility index (Phi) is 6.33. The quantitative estimate of drug-likeness (QED) is 0.675. The Bertz CT molecular complexity index is 466. The lowest BCUT2D eigenvalue weighted by atomic mass is 10.1. The number of nitro groups is 1. The van der Waals surface area contributed by atoms with Crippen molar-refractivity contribution in [1.29, 1.82) is 0 Å². The number of aromatic nitrogens is 1. The molecule has 1 aliphatic heterocycles. The van der Waals surface area contributed by atoms with Gasteiger partial charge >= 0.3 is 5.69 Å². The average molecular weight is 306 g/mol. The van der Waals surface area contributed by atoms with Crippen LogP contribution in [-0.4, -0.2) is 32.5 Å². The molecule has 2 atom stereocenters. The number of halogens is 1. The predicted octanol–water partition coefficient (Wildman–Crippen LogP) is 1.66. The molecular formula is C11H16ClN3O3S. The second kappa shape index (κ2) is 7.52. The molecule has 0 aromatic carbocycles. The first kappa shape index (κ1) is 16.0. The minimum Gasteiger partial charge on any atom is -0.313 e. The van der Waals surface area contributed by atoms with Crippen LogP contribution in [0.25, 0.3) is 0 Å². The molecule has 0 bridgehead atoms. The summed E-state index contributed by atoms with van der Waals surface area (Å²) in [6.07, 6.45) is 4.65. The van der Waals surface area contributed by atoms with E-state index in [1.165, 1.54) is 18.3 Å². The first-order valence-electron chi connectivity index (χ1n) is 5.89. The third kappa shape index (κ3) is 4.22. The van der Waals surface area contributed by atoms with E-state index in [9.17, 15) is 14.3 Å². The van der Waals surface area contributed by atoms with Crippen molar-refractivity contribution in [2.24, 2.45) is 0 Å². The van der Waals surface area contributed by atoms with Gasteiger partial charge in [-0.1, -0.05) is 6.42 Å². The van der Waals surface area contributed by atoms with E-state index in [-0.39, 0.29) is 29.2 Å². The standard InChI is InChI=1S/C11H15N3O3S.ClH/c15-14(16)10-5-3-7-13-11(10)18(17)8-9-4-1-2-6-12-9;/h3,5,7,9,12H,1-2,4,6,8H2;1H. The molecular weight excluding hydrogens is 290 g/mol. The molecule has 1 saturated heterocycles. The van der Waals surface area contributed by atoms with Crippen molar-refractivity contribution in [1.82, 2.24) is 10.3 Å². The summed E-state index contributed by atoms with van der Waals surface area (Å²) in [7, 11) is -1.43. The lowest BCUT2D eigenvalue weighted by Gasteiger charge is -2.22. The van der Waals surface area contributed by atoms with E-state index < -0.39 is 15.7 Å². The molecule has 6 nitrogen and oxygen atoms in total. The third-order valence-electron chi connectivity index (χ3n) is 2.93. The molecule has 1 aromatic rings. The SMILES string of the molecule is Cl.O=[N+]([O-])c1cccnc1S(=O)CC1CCCCN1. The topological polar surface area (TPSA) is 85.1 Å². The van der Waals surface area contributed by atoms with Gasteiger partial charge in [-0.2, -0.15) is 0 Å². The van der Waals surface area contributed by atoms with Crippen molar-refractivity contribution in [3.63, 3.8) is 0 Å². The summed E-state index contributed by atoms with van der Waals surface area (Å²) < 4.78 is 12.1. The second-order valence-electron chi connectivity index (χ2n) is 4.24. The van der Waals surface area contributed by atoms with Crippen LogP contribution in [0.4, 0.5) is 5.69 Å². The van der Waals surface area contributed by atoms with Crippen LogP contribution in [0.1, 0.15) is 19.3 Å². The van der Waals surface area contributed by atoms with Crippen LogP contribution < -0.4 is 5.32 Å². The molecule has 2 rings (SSSR count). The van der Waals surface area contributed by atoms with Crippen LogP contribution in [0, 0.1) is 10.1 Å². The van der Waals surface area contributed by atoms with Gasteiger partial charge in [0.05, 0.1) is 15.7 Å². The van der Waals surface area contributed by atoms with Crippen LogP contribution in [-0.2, 0) is 10.8 Å². The Morgan fingerprint density at radius 3 is 2.95 bits per heavy atom. The van der Waals surface area contributed by atoms with Crippen LogP contribution in [0.2, 0.25) is 0 Å². The van der Waals surface area contributed by atoms with Crippen molar-refractivity contribution in [2.45, 2.75) is 30.3 Å². The van der Waals surface area contributed by atoms with Gasteiger partial charge in [0.15, 0.2) is 0 Å². The number of rotatable bonds is 4. The van der Waals surface area contributed by atoms with Crippen molar-refractivity contribution in [2.75, 3.05) is 12.3 Å². The molecule has 0 spiro atoms. The maximum Gasteiger partial charge on any atom is 0.303 e. The van der Waals surface area contributed by atoms with E-state index in [1.807, 2.05) is 0 Å². The lowest BCUT2D eigenvalue weighted by molar-refractivity contribution is -0.388. The Balaban J connectivity index is 0.00000180. The first-order chi connectivity index (χ1) is 8.68. The fraction of sp³-hybridized carbons (Fsp3) is 0.545. The zero-order valence-corrected chi connectivity index (χ0v) is 11.9. The van der Waals surface area contributed by atoms with Crippen LogP contribution >= 0.6 is 12.4 Å². The Labute approximate surface area is 120 Å². The molecule has 19 heavy (non-hydrogen) atoms. The second-order valence-corrected chi connectivity index (χ2v) is 5.65. The molecule has 1 fully saturated rings. The van der Waals surface area contributed by atoms with E-state index >= 15 is 0 Å². The molecule has 2 heterocycles. The summed E-state index contributed by atoms with van der Waals surface area (Å²) in [6, 6.07) is 2.99. The van der Waals surface area contributed by atoms with Gasteiger partial charge in [-0.15, -0.1) is 12.4 Å². The maximum atomic E-state index is 12.1. The predicted molar refractivity (Wildman–Crippen MR) is 75.1 cm³/mol. The van der Waals surface area contributed by atoms with E-state index in [1.54, 1.807) is 0 Å². The van der Waals surface area contributed by atoms with Gasteiger partial charge in [0.1, 0.15) is 0 Å². The maximum absolute atomic E-state index is 12.1.